The van der Waals surface area contributed by atoms with Gasteiger partial charge in [0.05, 0.1) is 0 Å². The summed E-state index contributed by atoms with van der Waals surface area (Å²) in [6.07, 6.45) is 1.41. The van der Waals surface area contributed by atoms with Gasteiger partial charge in [0, 0.05) is 10.0 Å². The molecular weight excluding hydrogens is 318 g/mol. The Balaban J connectivity index is 0.00000200. The summed E-state index contributed by atoms with van der Waals surface area (Å²) in [7, 11) is 0. The highest BCUT2D eigenvalue weighted by Gasteiger charge is 2.38. The quantitative estimate of drug-likeness (QED) is 0.798. The third-order valence-corrected chi connectivity index (χ3v) is 3.80. The fourth-order valence-electron chi connectivity index (χ4n) is 2.44. The van der Waals surface area contributed by atoms with Gasteiger partial charge in [0.1, 0.15) is 5.60 Å². The van der Waals surface area contributed by atoms with Crippen LogP contribution in [0.15, 0.2) is 22.7 Å². The molecule has 0 saturated carbocycles. The number of hydrogen-bond donors (Lipinski definition) is 1. The lowest BCUT2D eigenvalue weighted by Crippen LogP contribution is -2.43. The summed E-state index contributed by atoms with van der Waals surface area (Å²) in [6.45, 7) is 7.80. The van der Waals surface area contributed by atoms with E-state index >= 15 is 0 Å². The zero-order chi connectivity index (χ0) is 14.3. The van der Waals surface area contributed by atoms with Crippen molar-refractivity contribution in [1.82, 2.24) is 5.32 Å². The van der Waals surface area contributed by atoms with Gasteiger partial charge in [-0.25, -0.2) is 4.79 Å². The van der Waals surface area contributed by atoms with Crippen LogP contribution in [-0.2, 0) is 16.8 Å². The summed E-state index contributed by atoms with van der Waals surface area (Å²) in [5, 5.41) is 2.84. The molecule has 1 amide bonds. The second kappa shape index (κ2) is 5.76. The van der Waals surface area contributed by atoms with Gasteiger partial charge >= 0.3 is 6.09 Å². The normalized spacial score (nSPS) is 20.9. The highest BCUT2D eigenvalue weighted by atomic mass is 79.9. The van der Waals surface area contributed by atoms with E-state index in [1.807, 2.05) is 39.8 Å². The third-order valence-electron chi connectivity index (χ3n) is 3.30. The van der Waals surface area contributed by atoms with Crippen molar-refractivity contribution >= 4 is 22.0 Å². The first-order valence-electron chi connectivity index (χ1n) is 6.50. The van der Waals surface area contributed by atoms with Crippen LogP contribution in [-0.4, -0.2) is 11.6 Å². The molecule has 0 bridgehead atoms. The highest BCUT2D eigenvalue weighted by Crippen LogP contribution is 2.40. The zero-order valence-electron chi connectivity index (χ0n) is 11.8. The number of nitrogens with one attached hydrogen (secondary N) is 1. The van der Waals surface area contributed by atoms with Crippen LogP contribution in [0.1, 0.15) is 52.7 Å². The minimum absolute atomic E-state index is 0. The van der Waals surface area contributed by atoms with Gasteiger partial charge in [-0.1, -0.05) is 29.4 Å². The molecule has 0 heterocycles. The molecule has 3 nitrogen and oxygen atoms in total. The molecule has 1 atom stereocenters. The van der Waals surface area contributed by atoms with Gasteiger partial charge < -0.3 is 10.1 Å². The standard InChI is InChI=1S/C15H20BrNO2.CH4/c1-14(2,3)17-13(18)19-15(4)8-7-10-9-11(16)5-6-12(10)15;/h5-6,9H,7-8H2,1-4H3,(H,17,18);1H4. The first kappa shape index (κ1) is 17.0. The SMILES string of the molecule is C.CC(C)(C)NC(=O)OC1(C)CCc2cc(Br)ccc21. The molecule has 112 valence electrons. The summed E-state index contributed by atoms with van der Waals surface area (Å²) < 4.78 is 6.74. The first-order valence-corrected chi connectivity index (χ1v) is 7.29. The van der Waals surface area contributed by atoms with Crippen LogP contribution in [0.25, 0.3) is 0 Å². The second-order valence-electron chi connectivity index (χ2n) is 6.30. The average Bonchev–Trinajstić information content (AvgIpc) is 2.52. The second-order valence-corrected chi connectivity index (χ2v) is 7.21. The topological polar surface area (TPSA) is 38.3 Å². The Bertz CT molecular complexity index is 508. The fourth-order valence-corrected chi connectivity index (χ4v) is 2.84. The highest BCUT2D eigenvalue weighted by molar-refractivity contribution is 9.10. The van der Waals surface area contributed by atoms with Crippen molar-refractivity contribution in [3.63, 3.8) is 0 Å². The molecule has 1 aromatic rings. The van der Waals surface area contributed by atoms with E-state index in [0.717, 1.165) is 22.9 Å². The number of carbonyl (C=O) groups excluding carboxylic acids is 1. The molecule has 1 unspecified atom stereocenters. The Labute approximate surface area is 130 Å². The van der Waals surface area contributed by atoms with E-state index in [9.17, 15) is 4.79 Å². The molecule has 1 aliphatic carbocycles. The predicted molar refractivity (Wildman–Crippen MR) is 85.9 cm³/mol. The molecule has 0 aromatic heterocycles. The first-order chi connectivity index (χ1) is 8.70. The van der Waals surface area contributed by atoms with Gasteiger partial charge in [0.25, 0.3) is 0 Å². The maximum atomic E-state index is 12.0. The number of alkyl carbamates (subject to hydrolysis) is 1. The lowest BCUT2D eigenvalue weighted by atomic mass is 9.98. The van der Waals surface area contributed by atoms with Gasteiger partial charge in [0.15, 0.2) is 0 Å². The molecule has 4 heteroatoms. The van der Waals surface area contributed by atoms with Crippen LogP contribution in [0.5, 0.6) is 0 Å². The number of benzene rings is 1. The van der Waals surface area contributed by atoms with E-state index in [2.05, 4.69) is 27.3 Å². The van der Waals surface area contributed by atoms with Crippen LogP contribution < -0.4 is 5.32 Å². The predicted octanol–water partition coefficient (Wildman–Crippen LogP) is 4.77. The van der Waals surface area contributed by atoms with Crippen LogP contribution in [0.2, 0.25) is 0 Å². The zero-order valence-corrected chi connectivity index (χ0v) is 13.4. The Morgan fingerprint density at radius 2 is 2.05 bits per heavy atom. The molecule has 0 fully saturated rings. The van der Waals surface area contributed by atoms with Crippen LogP contribution in [0, 0.1) is 0 Å². The molecule has 20 heavy (non-hydrogen) atoms. The lowest BCUT2D eigenvalue weighted by Gasteiger charge is -2.29. The number of rotatable bonds is 1. The molecule has 0 spiro atoms. The summed E-state index contributed by atoms with van der Waals surface area (Å²) in [5.41, 5.74) is 1.56. The summed E-state index contributed by atoms with van der Waals surface area (Å²) in [5.74, 6) is 0. The molecule has 0 aliphatic heterocycles. The molecule has 1 N–H and O–H groups in total. The van der Waals surface area contributed by atoms with Crippen molar-refractivity contribution in [2.45, 2.75) is 59.1 Å². The summed E-state index contributed by atoms with van der Waals surface area (Å²) in [4.78, 5) is 12.0. The number of hydrogen-bond acceptors (Lipinski definition) is 2. The Kier molecular flexibility index (Phi) is 4.90. The van der Waals surface area contributed by atoms with Crippen molar-refractivity contribution < 1.29 is 9.53 Å². The number of aryl methyl sites for hydroxylation is 1. The molecule has 0 saturated heterocycles. The summed E-state index contributed by atoms with van der Waals surface area (Å²) >= 11 is 3.47. The van der Waals surface area contributed by atoms with Crippen LogP contribution in [0.4, 0.5) is 4.79 Å². The van der Waals surface area contributed by atoms with E-state index in [-0.39, 0.29) is 19.1 Å². The molecule has 1 aliphatic rings. The van der Waals surface area contributed by atoms with Crippen molar-refractivity contribution in [3.8, 4) is 0 Å². The van der Waals surface area contributed by atoms with Crippen LogP contribution >= 0.6 is 15.9 Å². The van der Waals surface area contributed by atoms with Crippen molar-refractivity contribution in [2.24, 2.45) is 0 Å². The third kappa shape index (κ3) is 3.75. The van der Waals surface area contributed by atoms with Crippen molar-refractivity contribution in [3.05, 3.63) is 33.8 Å². The van der Waals surface area contributed by atoms with E-state index < -0.39 is 5.60 Å². The van der Waals surface area contributed by atoms with Gasteiger partial charge in [-0.3, -0.25) is 0 Å². The number of carbonyl (C=O) groups is 1. The van der Waals surface area contributed by atoms with Gasteiger partial charge in [0.2, 0.25) is 0 Å². The smallest absolute Gasteiger partial charge is 0.408 e. The fraction of sp³-hybridized carbons (Fsp3) is 0.562. The van der Waals surface area contributed by atoms with Gasteiger partial charge in [-0.05, 0) is 63.8 Å². The number of ether oxygens (including phenoxy) is 1. The maximum absolute atomic E-state index is 12.0. The van der Waals surface area contributed by atoms with Crippen molar-refractivity contribution in [2.75, 3.05) is 0 Å². The largest absolute Gasteiger partial charge is 0.438 e. The van der Waals surface area contributed by atoms with Crippen molar-refractivity contribution in [1.29, 1.82) is 0 Å². The van der Waals surface area contributed by atoms with Crippen LogP contribution in [0.3, 0.4) is 0 Å². The minimum atomic E-state index is -0.522. The van der Waals surface area contributed by atoms with E-state index in [1.54, 1.807) is 0 Å². The molecule has 0 radical (unpaired) electrons. The lowest BCUT2D eigenvalue weighted by molar-refractivity contribution is 0.0195. The minimum Gasteiger partial charge on any atom is -0.438 e. The Morgan fingerprint density at radius 3 is 2.65 bits per heavy atom. The van der Waals surface area contributed by atoms with E-state index in [4.69, 9.17) is 4.74 Å². The maximum Gasteiger partial charge on any atom is 0.408 e. The molecule has 1 aromatic carbocycles. The Hall–Kier alpha value is -1.03. The molecular formula is C16H24BrNO2. The monoisotopic (exact) mass is 341 g/mol. The Morgan fingerprint density at radius 1 is 1.40 bits per heavy atom. The molecule has 2 rings (SSSR count). The average molecular weight is 342 g/mol. The number of halogens is 1. The number of amides is 1. The van der Waals surface area contributed by atoms with Gasteiger partial charge in [-0.15, -0.1) is 0 Å². The van der Waals surface area contributed by atoms with E-state index in [1.165, 1.54) is 5.56 Å². The van der Waals surface area contributed by atoms with Gasteiger partial charge in [-0.2, -0.15) is 0 Å². The summed E-state index contributed by atoms with van der Waals surface area (Å²) in [6, 6.07) is 6.13. The number of fused-ring (bicyclic) bond motifs is 1. The van der Waals surface area contributed by atoms with E-state index in [0.29, 0.717) is 0 Å².